The zero-order valence-electron chi connectivity index (χ0n) is 14.5. The fraction of sp³-hybridized carbons (Fsp3) is 0.368. The Kier molecular flexibility index (Phi) is 5.94. The van der Waals surface area contributed by atoms with E-state index in [0.29, 0.717) is 23.9 Å². The molecular formula is C19H21ClN4O2. The molecule has 1 aromatic heterocycles. The number of benzene rings is 1. The van der Waals surface area contributed by atoms with E-state index in [1.54, 1.807) is 6.92 Å². The lowest BCUT2D eigenvalue weighted by molar-refractivity contribution is 0.00357. The van der Waals surface area contributed by atoms with Gasteiger partial charge in [-0.25, -0.2) is 0 Å². The molecule has 1 aromatic carbocycles. The summed E-state index contributed by atoms with van der Waals surface area (Å²) < 4.78 is 6.03. The number of hydrogen-bond donors (Lipinski definition) is 3. The summed E-state index contributed by atoms with van der Waals surface area (Å²) in [6, 6.07) is 11.8. The number of amides is 1. The van der Waals surface area contributed by atoms with Gasteiger partial charge in [0, 0.05) is 12.2 Å². The first-order valence-electron chi connectivity index (χ1n) is 8.55. The number of rotatable bonds is 5. The molecule has 2 atom stereocenters. The first-order chi connectivity index (χ1) is 12.6. The van der Waals surface area contributed by atoms with Crippen LogP contribution in [0.2, 0.25) is 5.02 Å². The van der Waals surface area contributed by atoms with Gasteiger partial charge in [0.15, 0.2) is 0 Å². The molecule has 7 heteroatoms. The van der Waals surface area contributed by atoms with Gasteiger partial charge < -0.3 is 20.4 Å². The number of nitrogens with zero attached hydrogens (tertiary/aromatic N) is 1. The molecule has 0 saturated carbocycles. The molecule has 0 spiro atoms. The van der Waals surface area contributed by atoms with Crippen LogP contribution in [0, 0.1) is 18.3 Å². The summed E-state index contributed by atoms with van der Waals surface area (Å²) in [4.78, 5) is 15.6. The van der Waals surface area contributed by atoms with Crippen LogP contribution >= 0.6 is 11.6 Å². The van der Waals surface area contributed by atoms with Crippen molar-refractivity contribution in [2.45, 2.75) is 32.1 Å². The molecule has 2 heterocycles. The summed E-state index contributed by atoms with van der Waals surface area (Å²) in [5.41, 5.74) is 2.07. The Labute approximate surface area is 157 Å². The van der Waals surface area contributed by atoms with Crippen molar-refractivity contribution >= 4 is 17.5 Å². The highest BCUT2D eigenvalue weighted by Gasteiger charge is 2.29. The molecule has 2 aromatic rings. The molecule has 1 amide bonds. The highest BCUT2D eigenvalue weighted by atomic mass is 35.5. The molecule has 1 aliphatic heterocycles. The highest BCUT2D eigenvalue weighted by molar-refractivity contribution is 6.33. The van der Waals surface area contributed by atoms with Crippen LogP contribution in [0.5, 0.6) is 0 Å². The number of carbonyl (C=O) groups is 1. The van der Waals surface area contributed by atoms with Crippen molar-refractivity contribution in [3.8, 4) is 6.07 Å². The summed E-state index contributed by atoms with van der Waals surface area (Å²) >= 11 is 6.08. The topological polar surface area (TPSA) is 89.9 Å². The van der Waals surface area contributed by atoms with Crippen molar-refractivity contribution in [2.75, 3.05) is 13.1 Å². The second kappa shape index (κ2) is 8.37. The summed E-state index contributed by atoms with van der Waals surface area (Å²) in [7, 11) is 0. The molecule has 3 N–H and O–H groups in total. The molecule has 1 aliphatic rings. The molecular weight excluding hydrogens is 352 g/mol. The van der Waals surface area contributed by atoms with E-state index < -0.39 is 0 Å². The van der Waals surface area contributed by atoms with E-state index in [0.717, 1.165) is 18.5 Å². The number of hydrogen-bond acceptors (Lipinski definition) is 4. The minimum Gasteiger partial charge on any atom is -0.370 e. The lowest BCUT2D eigenvalue weighted by Gasteiger charge is -2.32. The summed E-state index contributed by atoms with van der Waals surface area (Å²) in [6.45, 7) is 3.67. The van der Waals surface area contributed by atoms with Crippen molar-refractivity contribution < 1.29 is 9.53 Å². The van der Waals surface area contributed by atoms with Crippen LogP contribution in [0.3, 0.4) is 0 Å². The van der Waals surface area contributed by atoms with Gasteiger partial charge in [-0.1, -0.05) is 41.9 Å². The smallest absolute Gasteiger partial charge is 0.269 e. The molecule has 136 valence electrons. The van der Waals surface area contributed by atoms with E-state index in [2.05, 4.69) is 15.6 Å². The maximum atomic E-state index is 12.6. The Balaban J connectivity index is 1.67. The van der Waals surface area contributed by atoms with Crippen molar-refractivity contribution in [3.05, 3.63) is 57.9 Å². The third-order valence-corrected chi connectivity index (χ3v) is 4.97. The van der Waals surface area contributed by atoms with E-state index >= 15 is 0 Å². The minimum atomic E-state index is -0.336. The number of piperidine rings is 1. The second-order valence-electron chi connectivity index (χ2n) is 6.33. The predicted molar refractivity (Wildman–Crippen MR) is 99.0 cm³/mol. The first-order valence-corrected chi connectivity index (χ1v) is 8.93. The molecule has 0 radical (unpaired) electrons. The molecule has 3 rings (SSSR count). The van der Waals surface area contributed by atoms with Gasteiger partial charge in [-0.3, -0.25) is 4.79 Å². The van der Waals surface area contributed by atoms with Crippen molar-refractivity contribution in [2.24, 2.45) is 0 Å². The van der Waals surface area contributed by atoms with Crippen LogP contribution in [0.15, 0.2) is 30.3 Å². The van der Waals surface area contributed by atoms with Gasteiger partial charge in [0.05, 0.1) is 23.8 Å². The number of halogens is 1. The Morgan fingerprint density at radius 1 is 1.42 bits per heavy atom. The standard InChI is InChI=1S/C19H21ClN4O2/c1-12-17(20)14(9-21)18(23-12)19(25)24-15-7-8-22-10-16(15)26-11-13-5-3-2-4-6-13/h2-6,15-16,22-23H,7-8,10-11H2,1H3,(H,24,25)/t15-,16-/m1/s1. The van der Waals surface area contributed by atoms with Crippen LogP contribution in [0.25, 0.3) is 0 Å². The minimum absolute atomic E-state index is 0.138. The summed E-state index contributed by atoms with van der Waals surface area (Å²) in [6.07, 6.45) is 0.602. The number of nitrogens with one attached hydrogen (secondary N) is 3. The highest BCUT2D eigenvalue weighted by Crippen LogP contribution is 2.23. The summed E-state index contributed by atoms with van der Waals surface area (Å²) in [5, 5.41) is 15.8. The average Bonchev–Trinajstić information content (AvgIpc) is 2.96. The zero-order valence-corrected chi connectivity index (χ0v) is 15.3. The van der Waals surface area contributed by atoms with E-state index in [9.17, 15) is 10.1 Å². The number of carbonyl (C=O) groups excluding carboxylic acids is 1. The predicted octanol–water partition coefficient (Wildman–Crippen LogP) is 2.53. The van der Waals surface area contributed by atoms with Crippen molar-refractivity contribution in [1.82, 2.24) is 15.6 Å². The van der Waals surface area contributed by atoms with Gasteiger partial charge in [-0.2, -0.15) is 5.26 Å². The fourth-order valence-electron chi connectivity index (χ4n) is 3.07. The van der Waals surface area contributed by atoms with E-state index in [1.165, 1.54) is 0 Å². The summed E-state index contributed by atoms with van der Waals surface area (Å²) in [5.74, 6) is -0.336. The average molecular weight is 373 g/mol. The third kappa shape index (κ3) is 4.07. The van der Waals surface area contributed by atoms with Gasteiger partial charge in [0.25, 0.3) is 5.91 Å². The van der Waals surface area contributed by atoms with Crippen molar-refractivity contribution in [3.63, 3.8) is 0 Å². The maximum Gasteiger partial charge on any atom is 0.269 e. The van der Waals surface area contributed by atoms with E-state index in [1.807, 2.05) is 36.4 Å². The number of aryl methyl sites for hydroxylation is 1. The lowest BCUT2D eigenvalue weighted by atomic mass is 10.0. The van der Waals surface area contributed by atoms with Gasteiger partial charge in [-0.15, -0.1) is 0 Å². The molecule has 6 nitrogen and oxygen atoms in total. The van der Waals surface area contributed by atoms with Crippen molar-refractivity contribution in [1.29, 1.82) is 5.26 Å². The first kappa shape index (κ1) is 18.5. The number of H-pyrrole nitrogens is 1. The van der Waals surface area contributed by atoms with Gasteiger partial charge >= 0.3 is 0 Å². The third-order valence-electron chi connectivity index (χ3n) is 4.50. The van der Waals surface area contributed by atoms with Crippen LogP contribution < -0.4 is 10.6 Å². The number of nitriles is 1. The molecule has 26 heavy (non-hydrogen) atoms. The Morgan fingerprint density at radius 2 is 2.19 bits per heavy atom. The normalized spacial score (nSPS) is 19.7. The Hall–Kier alpha value is -2.33. The fourth-order valence-corrected chi connectivity index (χ4v) is 3.25. The van der Waals surface area contributed by atoms with Crippen LogP contribution in [-0.2, 0) is 11.3 Å². The number of ether oxygens (including phenoxy) is 1. The number of aromatic amines is 1. The van der Waals surface area contributed by atoms with Gasteiger partial charge in [-0.05, 0) is 25.5 Å². The van der Waals surface area contributed by atoms with Gasteiger partial charge in [0.2, 0.25) is 0 Å². The van der Waals surface area contributed by atoms with E-state index in [-0.39, 0.29) is 29.3 Å². The number of aromatic nitrogens is 1. The molecule has 1 saturated heterocycles. The maximum absolute atomic E-state index is 12.6. The van der Waals surface area contributed by atoms with Gasteiger partial charge in [0.1, 0.15) is 17.3 Å². The zero-order chi connectivity index (χ0) is 18.5. The molecule has 1 fully saturated rings. The Morgan fingerprint density at radius 3 is 2.92 bits per heavy atom. The lowest BCUT2D eigenvalue weighted by Crippen LogP contribution is -2.53. The largest absolute Gasteiger partial charge is 0.370 e. The molecule has 0 unspecified atom stereocenters. The SMILES string of the molecule is Cc1[nH]c(C(=O)N[C@@H]2CCNC[C@H]2OCc2ccccc2)c(C#N)c1Cl. The Bertz CT molecular complexity index is 813. The van der Waals surface area contributed by atoms with Crippen LogP contribution in [-0.4, -0.2) is 36.1 Å². The van der Waals surface area contributed by atoms with E-state index in [4.69, 9.17) is 16.3 Å². The molecule has 0 bridgehead atoms. The van der Waals surface area contributed by atoms with Crippen LogP contribution in [0.1, 0.15) is 33.7 Å². The van der Waals surface area contributed by atoms with Crippen LogP contribution in [0.4, 0.5) is 0 Å². The monoisotopic (exact) mass is 372 g/mol. The molecule has 0 aliphatic carbocycles. The quantitative estimate of drug-likeness (QED) is 0.752. The second-order valence-corrected chi connectivity index (χ2v) is 6.71.